The topological polar surface area (TPSA) is 41.6 Å². The summed E-state index contributed by atoms with van der Waals surface area (Å²) in [6.45, 7) is 10.4. The van der Waals surface area contributed by atoms with Gasteiger partial charge < -0.3 is 15.0 Å². The average Bonchev–Trinajstić information content (AvgIpc) is 3.05. The molecule has 1 N–H and O–H groups in total. The average molecular weight is 310 g/mol. The third-order valence-corrected chi connectivity index (χ3v) is 4.68. The lowest BCUT2D eigenvalue weighted by molar-refractivity contribution is 0.0288. The van der Waals surface area contributed by atoms with Gasteiger partial charge in [0.2, 0.25) is 0 Å². The molecule has 1 aromatic heterocycles. The molecule has 118 valence electrons. The molecule has 0 aliphatic carbocycles. The molecule has 2 rings (SSSR count). The van der Waals surface area contributed by atoms with Gasteiger partial charge in [-0.05, 0) is 51.5 Å². The zero-order valence-electron chi connectivity index (χ0n) is 13.4. The third kappa shape index (κ3) is 5.00. The van der Waals surface area contributed by atoms with Gasteiger partial charge in [-0.2, -0.15) is 0 Å². The van der Waals surface area contributed by atoms with Gasteiger partial charge >= 0.3 is 6.09 Å². The molecule has 2 atom stereocenters. The van der Waals surface area contributed by atoms with Crippen LogP contribution in [0.3, 0.4) is 0 Å². The number of carbonyl (C=O) groups is 1. The van der Waals surface area contributed by atoms with Crippen molar-refractivity contribution in [3.8, 4) is 0 Å². The van der Waals surface area contributed by atoms with Gasteiger partial charge in [-0.15, -0.1) is 11.3 Å². The summed E-state index contributed by atoms with van der Waals surface area (Å²) in [5, 5.41) is 5.67. The van der Waals surface area contributed by atoms with E-state index in [1.165, 1.54) is 4.88 Å². The van der Waals surface area contributed by atoms with Crippen LogP contribution in [0.25, 0.3) is 0 Å². The van der Waals surface area contributed by atoms with Crippen molar-refractivity contribution >= 4 is 17.4 Å². The van der Waals surface area contributed by atoms with Crippen molar-refractivity contribution in [2.75, 3.05) is 19.6 Å². The molecule has 5 heteroatoms. The molecular weight excluding hydrogens is 284 g/mol. The number of hydrogen-bond acceptors (Lipinski definition) is 4. The molecule has 1 aliphatic heterocycles. The number of nitrogens with one attached hydrogen (secondary N) is 1. The fourth-order valence-electron chi connectivity index (χ4n) is 2.47. The van der Waals surface area contributed by atoms with Crippen LogP contribution >= 0.6 is 11.3 Å². The van der Waals surface area contributed by atoms with Crippen LogP contribution in [0.5, 0.6) is 0 Å². The summed E-state index contributed by atoms with van der Waals surface area (Å²) in [7, 11) is 0. The van der Waals surface area contributed by atoms with Crippen molar-refractivity contribution in [3.63, 3.8) is 0 Å². The van der Waals surface area contributed by atoms with E-state index in [1.54, 1.807) is 11.3 Å². The van der Waals surface area contributed by atoms with E-state index >= 15 is 0 Å². The first kappa shape index (κ1) is 16.3. The van der Waals surface area contributed by atoms with Crippen molar-refractivity contribution < 1.29 is 9.53 Å². The van der Waals surface area contributed by atoms with E-state index in [1.807, 2.05) is 25.7 Å². The molecule has 1 saturated heterocycles. The Hall–Kier alpha value is -1.07. The lowest BCUT2D eigenvalue weighted by Crippen LogP contribution is -2.36. The van der Waals surface area contributed by atoms with Gasteiger partial charge in [-0.1, -0.05) is 6.07 Å². The highest BCUT2D eigenvalue weighted by molar-refractivity contribution is 7.10. The molecule has 1 amide bonds. The minimum Gasteiger partial charge on any atom is -0.444 e. The summed E-state index contributed by atoms with van der Waals surface area (Å²) >= 11 is 1.78. The molecule has 0 saturated carbocycles. The number of ether oxygens (including phenoxy) is 1. The molecule has 0 bridgehead atoms. The molecule has 0 aromatic carbocycles. The van der Waals surface area contributed by atoms with E-state index in [4.69, 9.17) is 4.74 Å². The summed E-state index contributed by atoms with van der Waals surface area (Å²) in [5.41, 5.74) is -0.416. The lowest BCUT2D eigenvalue weighted by Gasteiger charge is -2.24. The highest BCUT2D eigenvalue weighted by Gasteiger charge is 2.29. The van der Waals surface area contributed by atoms with Crippen molar-refractivity contribution in [3.05, 3.63) is 22.4 Å². The molecule has 4 nitrogen and oxygen atoms in total. The molecule has 1 aliphatic rings. The highest BCUT2D eigenvalue weighted by Crippen LogP contribution is 2.22. The van der Waals surface area contributed by atoms with Crippen LogP contribution in [0, 0.1) is 5.92 Å². The molecule has 1 fully saturated rings. The number of carbonyl (C=O) groups excluding carboxylic acids is 1. The van der Waals surface area contributed by atoms with E-state index in [9.17, 15) is 4.79 Å². The number of hydrogen-bond donors (Lipinski definition) is 1. The minimum absolute atomic E-state index is 0.184. The number of thiophene rings is 1. The zero-order valence-corrected chi connectivity index (χ0v) is 14.2. The van der Waals surface area contributed by atoms with Crippen LogP contribution in [-0.4, -0.2) is 36.2 Å². The molecular formula is C16H26N2O2S. The Morgan fingerprint density at radius 3 is 2.95 bits per heavy atom. The molecule has 1 aromatic rings. The predicted molar refractivity (Wildman–Crippen MR) is 86.7 cm³/mol. The second kappa shape index (κ2) is 6.79. The number of amides is 1. The Kier molecular flexibility index (Phi) is 5.27. The van der Waals surface area contributed by atoms with Gasteiger partial charge in [-0.3, -0.25) is 0 Å². The van der Waals surface area contributed by atoms with Gasteiger partial charge in [-0.25, -0.2) is 4.79 Å². The smallest absolute Gasteiger partial charge is 0.410 e. The monoisotopic (exact) mass is 310 g/mol. The van der Waals surface area contributed by atoms with Crippen LogP contribution in [0.1, 0.15) is 45.0 Å². The first-order valence-electron chi connectivity index (χ1n) is 7.60. The van der Waals surface area contributed by atoms with Crippen molar-refractivity contribution in [2.24, 2.45) is 5.92 Å². The quantitative estimate of drug-likeness (QED) is 0.923. The van der Waals surface area contributed by atoms with Gasteiger partial charge in [0.15, 0.2) is 0 Å². The summed E-state index contributed by atoms with van der Waals surface area (Å²) in [6.07, 6.45) is 0.861. The lowest BCUT2D eigenvalue weighted by atomic mass is 10.1. The van der Waals surface area contributed by atoms with E-state index in [0.29, 0.717) is 12.0 Å². The Morgan fingerprint density at radius 1 is 1.57 bits per heavy atom. The van der Waals surface area contributed by atoms with Crippen molar-refractivity contribution in [2.45, 2.75) is 45.8 Å². The van der Waals surface area contributed by atoms with Crippen LogP contribution in [0.2, 0.25) is 0 Å². The first-order valence-corrected chi connectivity index (χ1v) is 8.48. The molecule has 21 heavy (non-hydrogen) atoms. The number of rotatable bonds is 4. The number of likely N-dealkylation sites (tertiary alicyclic amines) is 1. The van der Waals surface area contributed by atoms with E-state index in [0.717, 1.165) is 26.1 Å². The maximum atomic E-state index is 12.0. The van der Waals surface area contributed by atoms with Crippen molar-refractivity contribution in [1.29, 1.82) is 0 Å². The van der Waals surface area contributed by atoms with E-state index < -0.39 is 5.60 Å². The van der Waals surface area contributed by atoms with Crippen LogP contribution in [-0.2, 0) is 4.74 Å². The predicted octanol–water partition coefficient (Wildman–Crippen LogP) is 3.66. The van der Waals surface area contributed by atoms with Gasteiger partial charge in [0.05, 0.1) is 0 Å². The van der Waals surface area contributed by atoms with Gasteiger partial charge in [0, 0.05) is 30.6 Å². The molecule has 0 radical (unpaired) electrons. The van der Waals surface area contributed by atoms with E-state index in [2.05, 4.69) is 29.8 Å². The largest absolute Gasteiger partial charge is 0.444 e. The van der Waals surface area contributed by atoms with E-state index in [-0.39, 0.29) is 6.09 Å². The Bertz CT molecular complexity index is 453. The maximum Gasteiger partial charge on any atom is 0.410 e. The standard InChI is InChI=1S/C16H26N2O2S/c1-12(14-6-5-9-21-14)17-10-13-7-8-18(11-13)15(19)20-16(2,3)4/h5-6,9,12-13,17H,7-8,10-11H2,1-4H3. The van der Waals surface area contributed by atoms with Gasteiger partial charge in [0.25, 0.3) is 0 Å². The summed E-state index contributed by atoms with van der Waals surface area (Å²) in [5.74, 6) is 0.514. The minimum atomic E-state index is -0.416. The van der Waals surface area contributed by atoms with Crippen molar-refractivity contribution in [1.82, 2.24) is 10.2 Å². The Balaban J connectivity index is 1.74. The van der Waals surface area contributed by atoms with Crippen LogP contribution in [0.4, 0.5) is 4.79 Å². The summed E-state index contributed by atoms with van der Waals surface area (Å²) in [6, 6.07) is 4.61. The Labute approximate surface area is 131 Å². The summed E-state index contributed by atoms with van der Waals surface area (Å²) in [4.78, 5) is 15.2. The fourth-order valence-corrected chi connectivity index (χ4v) is 3.23. The Morgan fingerprint density at radius 2 is 2.33 bits per heavy atom. The normalized spacial score (nSPS) is 20.6. The molecule has 2 unspecified atom stereocenters. The summed E-state index contributed by atoms with van der Waals surface area (Å²) < 4.78 is 5.42. The van der Waals surface area contributed by atoms with Gasteiger partial charge in [0.1, 0.15) is 5.60 Å². The maximum absolute atomic E-state index is 12.0. The third-order valence-electron chi connectivity index (χ3n) is 3.62. The molecule has 2 heterocycles. The first-order chi connectivity index (χ1) is 9.85. The van der Waals surface area contributed by atoms with Crippen LogP contribution in [0.15, 0.2) is 17.5 Å². The number of nitrogens with zero attached hydrogens (tertiary/aromatic N) is 1. The SMILES string of the molecule is CC(NCC1CCN(C(=O)OC(C)(C)C)C1)c1cccs1. The molecule has 0 spiro atoms. The van der Waals surface area contributed by atoms with Crippen LogP contribution < -0.4 is 5.32 Å². The second-order valence-electron chi connectivity index (χ2n) is 6.73. The highest BCUT2D eigenvalue weighted by atomic mass is 32.1. The fraction of sp³-hybridized carbons (Fsp3) is 0.688. The second-order valence-corrected chi connectivity index (χ2v) is 7.71. The zero-order chi connectivity index (χ0) is 15.5.